The van der Waals surface area contributed by atoms with E-state index in [-0.39, 0.29) is 37.0 Å². The fourth-order valence-corrected chi connectivity index (χ4v) is 0. The minimum Gasteiger partial charge on any atom is -1.00 e. The van der Waals surface area contributed by atoms with Gasteiger partial charge in [-0.05, 0) is 0 Å². The first kappa shape index (κ1) is 1210. The van der Waals surface area contributed by atoms with Crippen molar-refractivity contribution in [1.29, 1.82) is 0 Å². The van der Waals surface area contributed by atoms with E-state index in [1.807, 2.05) is 0 Å². The molecule has 0 spiro atoms. The van der Waals surface area contributed by atoms with Crippen molar-refractivity contribution >= 4 is 0 Å². The van der Waals surface area contributed by atoms with Gasteiger partial charge in [-0.15, -0.1) is 0 Å². The second kappa shape index (κ2) is 578. The fraction of sp³-hybridized carbons (Fsp3) is 0. The zero-order valence-corrected chi connectivity index (χ0v) is 3.32. The Morgan fingerprint density at radius 1 is 0.600 bits per heavy atom. The van der Waals surface area contributed by atoms with Gasteiger partial charge >= 0.3 is 17.4 Å². The molecule has 0 aliphatic rings. The van der Waals surface area contributed by atoms with E-state index in [2.05, 4.69) is 0 Å². The molecule has 5 heteroatoms. The molecule has 0 bridgehead atoms. The molecule has 0 aliphatic carbocycles. The molecule has 2 N–H and O–H groups in total. The largest absolute Gasteiger partial charge is 3.00 e. The molecule has 1 radical (unpaired) electrons. The van der Waals surface area contributed by atoms with E-state index in [1.54, 1.807) is 0 Å². The summed E-state index contributed by atoms with van der Waals surface area (Å²) in [4.78, 5) is 0. The van der Waals surface area contributed by atoms with Crippen LogP contribution < -0.4 is 14.1 Å². The van der Waals surface area contributed by atoms with Crippen molar-refractivity contribution in [1.82, 2.24) is 0 Å². The van der Waals surface area contributed by atoms with Gasteiger partial charge in [0.2, 0.25) is 0 Å². The molecule has 0 aromatic rings. The first-order chi connectivity index (χ1) is 0. The third-order valence-electron chi connectivity index (χ3n) is 0. The van der Waals surface area contributed by atoms with Crippen LogP contribution in [0.25, 0.3) is 0 Å². The molecule has 0 saturated heterocycles. The summed E-state index contributed by atoms with van der Waals surface area (Å²) in [5.74, 6) is 0. The molecule has 0 fully saturated rings. The Hall–Kier alpha value is 0.282. The van der Waals surface area contributed by atoms with Crippen molar-refractivity contribution in [3.63, 3.8) is 0 Å². The van der Waals surface area contributed by atoms with Crippen molar-refractivity contribution in [2.75, 3.05) is 0 Å². The number of hydrogen-bond donors (Lipinski definition) is 0. The Kier molecular flexibility index (Phi) is 140000. The van der Waals surface area contributed by atoms with Gasteiger partial charge in [-0.25, -0.2) is 0 Å². The smallest absolute Gasteiger partial charge is 1.00 e. The SMILES string of the molecule is O.[Cr+3].[F-].[F-].[F-]. The van der Waals surface area contributed by atoms with E-state index < -0.39 is 0 Å². The van der Waals surface area contributed by atoms with Gasteiger partial charge in [0.25, 0.3) is 0 Å². The van der Waals surface area contributed by atoms with Crippen LogP contribution in [-0.4, -0.2) is 5.48 Å². The molecular weight excluding hydrogens is 125 g/mol. The van der Waals surface area contributed by atoms with E-state index in [1.165, 1.54) is 0 Å². The van der Waals surface area contributed by atoms with Gasteiger partial charge in [0.1, 0.15) is 0 Å². The van der Waals surface area contributed by atoms with Crippen LogP contribution in [0.5, 0.6) is 0 Å². The van der Waals surface area contributed by atoms with Crippen molar-refractivity contribution in [2.45, 2.75) is 0 Å². The second-order valence-electron chi connectivity index (χ2n) is 0. The minimum atomic E-state index is 0. The third kappa shape index (κ3) is 280. The molecule has 0 aliphatic heterocycles. The van der Waals surface area contributed by atoms with Gasteiger partial charge in [0.15, 0.2) is 0 Å². The molecule has 35 valence electrons. The Bertz CT molecular complexity index is 6.85. The standard InChI is InChI=1S/Cr.3FH.H2O/h;3*1H;1H2/q+3;;;;/p-3. The molecule has 1 nitrogen and oxygen atoms in total. The average molecular weight is 127 g/mol. The average Bonchev–Trinajstić information content (AvgIpc) is 0. The molecule has 5 heavy (non-hydrogen) atoms. The van der Waals surface area contributed by atoms with Gasteiger partial charge in [-0.2, -0.15) is 0 Å². The van der Waals surface area contributed by atoms with Gasteiger partial charge in [-0.3, -0.25) is 0 Å². The van der Waals surface area contributed by atoms with Gasteiger partial charge < -0.3 is 19.6 Å². The molecular formula is H2CrF3O. The van der Waals surface area contributed by atoms with Crippen LogP contribution in [0.4, 0.5) is 0 Å². The third-order valence-corrected chi connectivity index (χ3v) is 0. The van der Waals surface area contributed by atoms with E-state index in [0.717, 1.165) is 0 Å². The van der Waals surface area contributed by atoms with Gasteiger partial charge in [-0.1, -0.05) is 0 Å². The molecule has 0 unspecified atom stereocenters. The Morgan fingerprint density at radius 3 is 0.600 bits per heavy atom. The Morgan fingerprint density at radius 2 is 0.600 bits per heavy atom. The summed E-state index contributed by atoms with van der Waals surface area (Å²) in [6, 6.07) is 0. The molecule has 0 atom stereocenters. The van der Waals surface area contributed by atoms with Crippen LogP contribution in [0, 0.1) is 0 Å². The molecule has 0 heterocycles. The minimum absolute atomic E-state index is 0. The van der Waals surface area contributed by atoms with Crippen LogP contribution in [0.3, 0.4) is 0 Å². The Balaban J connectivity index is 0. The maximum atomic E-state index is 0. The van der Waals surface area contributed by atoms with Crippen LogP contribution in [-0.2, 0) is 17.4 Å². The van der Waals surface area contributed by atoms with Crippen LogP contribution in [0.1, 0.15) is 0 Å². The summed E-state index contributed by atoms with van der Waals surface area (Å²) in [6.07, 6.45) is 0. The van der Waals surface area contributed by atoms with E-state index in [4.69, 9.17) is 0 Å². The summed E-state index contributed by atoms with van der Waals surface area (Å²) >= 11 is 0. The Labute approximate surface area is 37.9 Å². The number of halogens is 3. The zero-order chi connectivity index (χ0) is 0. The van der Waals surface area contributed by atoms with Crippen LogP contribution >= 0.6 is 0 Å². The summed E-state index contributed by atoms with van der Waals surface area (Å²) in [6.45, 7) is 0. The van der Waals surface area contributed by atoms with Crippen LogP contribution in [0.15, 0.2) is 0 Å². The van der Waals surface area contributed by atoms with Gasteiger partial charge in [0.05, 0.1) is 0 Å². The normalized spacial score (nSPS) is 0. The summed E-state index contributed by atoms with van der Waals surface area (Å²) in [5.41, 5.74) is 0. The quantitative estimate of drug-likeness (QED) is 0.309. The van der Waals surface area contributed by atoms with E-state index in [9.17, 15) is 0 Å². The number of hydrogen-bond acceptors (Lipinski definition) is 0. The summed E-state index contributed by atoms with van der Waals surface area (Å²) in [7, 11) is 0. The van der Waals surface area contributed by atoms with Crippen molar-refractivity contribution in [3.8, 4) is 0 Å². The summed E-state index contributed by atoms with van der Waals surface area (Å²) in [5, 5.41) is 0. The number of rotatable bonds is 0. The fourth-order valence-electron chi connectivity index (χ4n) is 0. The molecule has 0 aromatic heterocycles. The predicted molar refractivity (Wildman–Crippen MR) is 3.61 cm³/mol. The maximum absolute atomic E-state index is 0. The first-order valence-electron chi connectivity index (χ1n) is 0. The first-order valence-corrected chi connectivity index (χ1v) is 0. The summed E-state index contributed by atoms with van der Waals surface area (Å²) < 4.78 is 0. The molecule has 0 rings (SSSR count). The molecule has 0 amide bonds. The topological polar surface area (TPSA) is 31.5 Å². The maximum Gasteiger partial charge on any atom is 3.00 e. The zero-order valence-electron chi connectivity index (χ0n) is 2.04. The van der Waals surface area contributed by atoms with Crippen molar-refractivity contribution in [3.05, 3.63) is 0 Å². The van der Waals surface area contributed by atoms with Gasteiger partial charge in [0, 0.05) is 0 Å². The van der Waals surface area contributed by atoms with Crippen LogP contribution in [0.2, 0.25) is 0 Å². The molecule has 0 saturated carbocycles. The van der Waals surface area contributed by atoms with Crippen molar-refractivity contribution < 1.29 is 37.0 Å². The molecule has 0 aromatic carbocycles. The van der Waals surface area contributed by atoms with Crippen molar-refractivity contribution in [2.24, 2.45) is 0 Å². The second-order valence-corrected chi connectivity index (χ2v) is 0. The van der Waals surface area contributed by atoms with E-state index in [0.29, 0.717) is 0 Å². The predicted octanol–water partition coefficient (Wildman–Crippen LogP) is -9.82. The monoisotopic (exact) mass is 127 g/mol. The van der Waals surface area contributed by atoms with E-state index >= 15 is 0 Å².